The van der Waals surface area contributed by atoms with Gasteiger partial charge in [-0.15, -0.1) is 0 Å². The average molecular weight is 268 g/mol. The van der Waals surface area contributed by atoms with Crippen molar-refractivity contribution in [1.82, 2.24) is 15.1 Å². The lowest BCUT2D eigenvalue weighted by Crippen LogP contribution is -2.15. The summed E-state index contributed by atoms with van der Waals surface area (Å²) in [7, 11) is 1.92. The molecule has 0 aliphatic heterocycles. The van der Waals surface area contributed by atoms with Crippen LogP contribution < -0.4 is 5.32 Å². The van der Waals surface area contributed by atoms with Gasteiger partial charge < -0.3 is 5.32 Å². The minimum absolute atomic E-state index is 0.158. The minimum atomic E-state index is -0.386. The Labute approximate surface area is 111 Å². The van der Waals surface area contributed by atoms with Gasteiger partial charge in [-0.05, 0) is 30.7 Å². The van der Waals surface area contributed by atoms with Crippen molar-refractivity contribution < 1.29 is 4.39 Å². The number of halogens is 2. The average Bonchev–Trinajstić information content (AvgIpc) is 2.63. The van der Waals surface area contributed by atoms with Crippen LogP contribution in [0.5, 0.6) is 0 Å². The van der Waals surface area contributed by atoms with Gasteiger partial charge in [-0.25, -0.2) is 4.39 Å². The van der Waals surface area contributed by atoms with E-state index < -0.39 is 0 Å². The van der Waals surface area contributed by atoms with E-state index in [-0.39, 0.29) is 10.8 Å². The summed E-state index contributed by atoms with van der Waals surface area (Å²) < 4.78 is 14.8. The van der Waals surface area contributed by atoms with Crippen LogP contribution in [0, 0.1) is 12.7 Å². The van der Waals surface area contributed by atoms with Gasteiger partial charge >= 0.3 is 0 Å². The molecule has 0 spiro atoms. The molecule has 2 aromatic rings. The van der Waals surface area contributed by atoms with Crippen LogP contribution in [0.2, 0.25) is 5.02 Å². The van der Waals surface area contributed by atoms with Gasteiger partial charge in [0.05, 0.1) is 16.4 Å². The van der Waals surface area contributed by atoms with Gasteiger partial charge in [0, 0.05) is 20.1 Å². The molecule has 5 heteroatoms. The molecule has 1 aromatic heterocycles. The van der Waals surface area contributed by atoms with Gasteiger partial charge in [-0.1, -0.05) is 17.7 Å². The third-order valence-corrected chi connectivity index (χ3v) is 3.01. The second kappa shape index (κ2) is 5.50. The highest BCUT2D eigenvalue weighted by Crippen LogP contribution is 2.15. The lowest BCUT2D eigenvalue weighted by Gasteiger charge is -2.06. The number of aryl methyl sites for hydroxylation is 2. The second-order valence-electron chi connectivity index (χ2n) is 4.25. The number of hydrogen-bond acceptors (Lipinski definition) is 2. The third-order valence-electron chi connectivity index (χ3n) is 2.72. The number of nitrogens with zero attached hydrogens (tertiary/aromatic N) is 2. The highest BCUT2D eigenvalue weighted by molar-refractivity contribution is 6.30. The monoisotopic (exact) mass is 267 g/mol. The van der Waals surface area contributed by atoms with E-state index in [1.807, 2.05) is 24.7 Å². The molecule has 1 heterocycles. The number of nitrogens with one attached hydrogen (secondary N) is 1. The molecule has 2 rings (SSSR count). The molecule has 0 saturated heterocycles. The molecule has 0 aliphatic carbocycles. The summed E-state index contributed by atoms with van der Waals surface area (Å²) in [6, 6.07) is 6.78. The molecule has 0 fully saturated rings. The summed E-state index contributed by atoms with van der Waals surface area (Å²) in [5.41, 5.74) is 3.07. The van der Waals surface area contributed by atoms with Gasteiger partial charge in [-0.2, -0.15) is 5.10 Å². The van der Waals surface area contributed by atoms with Gasteiger partial charge in [-0.3, -0.25) is 4.68 Å². The Morgan fingerprint density at radius 2 is 2.11 bits per heavy atom. The fourth-order valence-electron chi connectivity index (χ4n) is 1.81. The van der Waals surface area contributed by atoms with Crippen LogP contribution in [-0.2, 0) is 20.1 Å². The van der Waals surface area contributed by atoms with Crippen LogP contribution >= 0.6 is 11.6 Å². The van der Waals surface area contributed by atoms with E-state index in [1.54, 1.807) is 12.1 Å². The molecule has 0 bridgehead atoms. The first kappa shape index (κ1) is 13.1. The van der Waals surface area contributed by atoms with Crippen molar-refractivity contribution in [3.63, 3.8) is 0 Å². The Balaban J connectivity index is 1.92. The smallest absolute Gasteiger partial charge is 0.141 e. The normalized spacial score (nSPS) is 10.9. The Morgan fingerprint density at radius 3 is 2.72 bits per heavy atom. The first-order valence-electron chi connectivity index (χ1n) is 5.70. The summed E-state index contributed by atoms with van der Waals surface area (Å²) in [5, 5.41) is 7.70. The third kappa shape index (κ3) is 3.09. The maximum Gasteiger partial charge on any atom is 0.141 e. The highest BCUT2D eigenvalue weighted by atomic mass is 35.5. The molecule has 1 N–H and O–H groups in total. The van der Waals surface area contributed by atoms with E-state index in [4.69, 9.17) is 11.6 Å². The Kier molecular flexibility index (Phi) is 3.99. The van der Waals surface area contributed by atoms with E-state index in [0.29, 0.717) is 13.1 Å². The van der Waals surface area contributed by atoms with Crippen molar-refractivity contribution in [2.45, 2.75) is 20.0 Å². The molecule has 0 atom stereocenters. The molecule has 0 saturated carbocycles. The van der Waals surface area contributed by atoms with Crippen molar-refractivity contribution in [3.05, 3.63) is 52.1 Å². The molecule has 0 radical (unpaired) electrons. The van der Waals surface area contributed by atoms with Crippen LogP contribution in [0.15, 0.2) is 24.3 Å². The molecule has 18 heavy (non-hydrogen) atoms. The second-order valence-corrected chi connectivity index (χ2v) is 4.66. The zero-order valence-electron chi connectivity index (χ0n) is 10.4. The fraction of sp³-hybridized carbons (Fsp3) is 0.308. The largest absolute Gasteiger partial charge is 0.307 e. The van der Waals surface area contributed by atoms with Gasteiger partial charge in [0.25, 0.3) is 0 Å². The predicted octanol–water partition coefficient (Wildman–Crippen LogP) is 2.81. The van der Waals surface area contributed by atoms with E-state index >= 15 is 0 Å². The topological polar surface area (TPSA) is 29.9 Å². The van der Waals surface area contributed by atoms with Crippen LogP contribution in [0.4, 0.5) is 4.39 Å². The Morgan fingerprint density at radius 1 is 1.33 bits per heavy atom. The van der Waals surface area contributed by atoms with E-state index in [9.17, 15) is 4.39 Å². The maximum absolute atomic E-state index is 13.0. The van der Waals surface area contributed by atoms with Crippen molar-refractivity contribution >= 4 is 11.6 Å². The first-order chi connectivity index (χ1) is 8.56. The summed E-state index contributed by atoms with van der Waals surface area (Å²) in [6.45, 7) is 3.32. The molecule has 3 nitrogen and oxygen atoms in total. The van der Waals surface area contributed by atoms with Gasteiger partial charge in [0.15, 0.2) is 0 Å². The summed E-state index contributed by atoms with van der Waals surface area (Å²) >= 11 is 5.72. The van der Waals surface area contributed by atoms with Crippen molar-refractivity contribution in [2.75, 3.05) is 0 Å². The maximum atomic E-state index is 13.0. The SMILES string of the molecule is Cc1cc(CNCc2ccc(F)c(Cl)c2)n(C)n1. The standard InChI is InChI=1S/C13H15ClFN3/c1-9-5-11(18(2)17-9)8-16-7-10-3-4-13(15)12(14)6-10/h3-6,16H,7-8H2,1-2H3. The van der Waals surface area contributed by atoms with Gasteiger partial charge in [0.1, 0.15) is 5.82 Å². The van der Waals surface area contributed by atoms with Crippen LogP contribution in [0.3, 0.4) is 0 Å². The highest BCUT2D eigenvalue weighted by Gasteiger charge is 2.03. The zero-order valence-corrected chi connectivity index (χ0v) is 11.1. The van der Waals surface area contributed by atoms with Crippen molar-refractivity contribution in [3.8, 4) is 0 Å². The lowest BCUT2D eigenvalue weighted by molar-refractivity contribution is 0.616. The number of hydrogen-bond donors (Lipinski definition) is 1. The fourth-order valence-corrected chi connectivity index (χ4v) is 2.02. The number of benzene rings is 1. The minimum Gasteiger partial charge on any atom is -0.307 e. The zero-order chi connectivity index (χ0) is 13.1. The van der Waals surface area contributed by atoms with Gasteiger partial charge in [0.2, 0.25) is 0 Å². The molecule has 0 aliphatic rings. The van der Waals surface area contributed by atoms with Crippen LogP contribution in [0.1, 0.15) is 17.0 Å². The first-order valence-corrected chi connectivity index (χ1v) is 6.08. The molecular formula is C13H15ClFN3. The lowest BCUT2D eigenvalue weighted by atomic mass is 10.2. The van der Waals surface area contributed by atoms with Crippen LogP contribution in [-0.4, -0.2) is 9.78 Å². The summed E-state index contributed by atoms with van der Waals surface area (Å²) in [4.78, 5) is 0. The molecule has 96 valence electrons. The molecule has 0 unspecified atom stereocenters. The van der Waals surface area contributed by atoms with Crippen molar-refractivity contribution in [2.24, 2.45) is 7.05 Å². The number of aromatic nitrogens is 2. The Hall–Kier alpha value is -1.39. The van der Waals surface area contributed by atoms with Crippen molar-refractivity contribution in [1.29, 1.82) is 0 Å². The number of rotatable bonds is 4. The molecule has 1 aromatic carbocycles. The summed E-state index contributed by atoms with van der Waals surface area (Å²) in [6.07, 6.45) is 0. The molecule has 0 amide bonds. The quantitative estimate of drug-likeness (QED) is 0.923. The summed E-state index contributed by atoms with van der Waals surface area (Å²) in [5.74, 6) is -0.386. The molecular weight excluding hydrogens is 253 g/mol. The predicted molar refractivity (Wildman–Crippen MR) is 69.9 cm³/mol. The van der Waals surface area contributed by atoms with E-state index in [1.165, 1.54) is 6.07 Å². The van der Waals surface area contributed by atoms with Crippen LogP contribution in [0.25, 0.3) is 0 Å². The van der Waals surface area contributed by atoms with E-state index in [2.05, 4.69) is 10.4 Å². The van der Waals surface area contributed by atoms with E-state index in [0.717, 1.165) is 17.0 Å². The Bertz CT molecular complexity index is 551.